The zero-order chi connectivity index (χ0) is 27.7. The van der Waals surface area contributed by atoms with Crippen LogP contribution in [0.5, 0.6) is 5.75 Å². The largest absolute Gasteiger partial charge is 0.573 e. The summed E-state index contributed by atoms with van der Waals surface area (Å²) >= 11 is 6.24. The molecule has 0 radical (unpaired) electrons. The zero-order valence-electron chi connectivity index (χ0n) is 20.0. The molecule has 1 amide bonds. The Hall–Kier alpha value is -2.39. The summed E-state index contributed by atoms with van der Waals surface area (Å²) in [4.78, 5) is 14.3. The first-order chi connectivity index (χ1) is 17.8. The summed E-state index contributed by atoms with van der Waals surface area (Å²) in [5.74, 6) is -1.08. The van der Waals surface area contributed by atoms with Gasteiger partial charge < -0.3 is 9.64 Å². The van der Waals surface area contributed by atoms with E-state index in [4.69, 9.17) is 11.6 Å². The van der Waals surface area contributed by atoms with Crippen LogP contribution in [0.3, 0.4) is 0 Å². The molecule has 15 heteroatoms. The molecule has 0 saturated carbocycles. The molecule has 4 rings (SSSR count). The molecule has 2 aromatic carbocycles. The minimum atomic E-state index is -4.90. The van der Waals surface area contributed by atoms with Gasteiger partial charge in [0, 0.05) is 39.3 Å². The first-order valence-corrected chi connectivity index (χ1v) is 15.0. The number of ether oxygens (including phenoxy) is 1. The van der Waals surface area contributed by atoms with Crippen LogP contribution in [-0.4, -0.2) is 81.9 Å². The van der Waals surface area contributed by atoms with Gasteiger partial charge in [-0.05, 0) is 55.3 Å². The van der Waals surface area contributed by atoms with Crippen molar-refractivity contribution >= 4 is 37.6 Å². The van der Waals surface area contributed by atoms with Crippen molar-refractivity contribution in [2.75, 3.05) is 39.3 Å². The minimum Gasteiger partial charge on any atom is -0.406 e. The highest BCUT2D eigenvalue weighted by atomic mass is 35.5. The average molecular weight is 596 g/mol. The highest BCUT2D eigenvalue weighted by molar-refractivity contribution is 7.89. The van der Waals surface area contributed by atoms with E-state index >= 15 is 0 Å². The minimum absolute atomic E-state index is 0.00121. The van der Waals surface area contributed by atoms with Crippen LogP contribution >= 0.6 is 11.6 Å². The van der Waals surface area contributed by atoms with Gasteiger partial charge in [-0.1, -0.05) is 18.0 Å². The van der Waals surface area contributed by atoms with Gasteiger partial charge in [-0.25, -0.2) is 16.8 Å². The number of amides is 1. The van der Waals surface area contributed by atoms with Crippen LogP contribution in [0.4, 0.5) is 13.2 Å². The van der Waals surface area contributed by atoms with Crippen LogP contribution in [0.25, 0.3) is 0 Å². The molecule has 2 aliphatic rings. The molecule has 0 spiro atoms. The van der Waals surface area contributed by atoms with Gasteiger partial charge >= 0.3 is 6.36 Å². The van der Waals surface area contributed by atoms with E-state index in [9.17, 15) is 34.8 Å². The average Bonchev–Trinajstić information content (AvgIpc) is 2.88. The number of benzene rings is 2. The van der Waals surface area contributed by atoms with Crippen molar-refractivity contribution in [2.24, 2.45) is 0 Å². The molecule has 0 atom stereocenters. The monoisotopic (exact) mass is 595 g/mol. The van der Waals surface area contributed by atoms with Crippen molar-refractivity contribution in [3.63, 3.8) is 0 Å². The van der Waals surface area contributed by atoms with Crippen LogP contribution in [0.1, 0.15) is 29.6 Å². The maximum Gasteiger partial charge on any atom is 0.573 e. The van der Waals surface area contributed by atoms with Gasteiger partial charge in [0.2, 0.25) is 20.0 Å². The molecule has 38 heavy (non-hydrogen) atoms. The normalized spacial score (nSPS) is 18.4. The van der Waals surface area contributed by atoms with Gasteiger partial charge in [0.25, 0.3) is 5.91 Å². The fraction of sp³-hybridized carbons (Fsp3) is 0.435. The van der Waals surface area contributed by atoms with Crippen LogP contribution < -0.4 is 4.74 Å². The van der Waals surface area contributed by atoms with Crippen molar-refractivity contribution in [3.8, 4) is 5.75 Å². The second kappa shape index (κ2) is 11.0. The standard InChI is InChI=1S/C23H25ClF3N3O6S2/c24-21-9-8-19(38(34,35)29-10-2-1-3-11-29)16-20(21)22(31)28-12-14-30(15-13-28)37(32,33)18-6-4-17(5-7-18)36-23(25,26)27/h4-9,16H,1-3,10-15H2. The van der Waals surface area contributed by atoms with Crippen LogP contribution in [0, 0.1) is 0 Å². The maximum atomic E-state index is 13.2. The molecule has 2 heterocycles. The Balaban J connectivity index is 1.44. The maximum absolute atomic E-state index is 13.2. The lowest BCUT2D eigenvalue weighted by molar-refractivity contribution is -0.274. The Morgan fingerprint density at radius 3 is 1.87 bits per heavy atom. The quantitative estimate of drug-likeness (QED) is 0.506. The fourth-order valence-corrected chi connectivity index (χ4v) is 7.51. The number of carbonyl (C=O) groups excluding carboxylic acids is 1. The molecule has 0 aromatic heterocycles. The third-order valence-electron chi connectivity index (χ3n) is 6.34. The van der Waals surface area contributed by atoms with Crippen molar-refractivity contribution in [2.45, 2.75) is 35.4 Å². The molecule has 0 aliphatic carbocycles. The van der Waals surface area contributed by atoms with E-state index in [1.807, 2.05) is 0 Å². The number of rotatable bonds is 6. The molecule has 208 valence electrons. The number of nitrogens with zero attached hydrogens (tertiary/aromatic N) is 3. The molecule has 2 aliphatic heterocycles. The summed E-state index contributed by atoms with van der Waals surface area (Å²) in [6.45, 7) is 0.682. The lowest BCUT2D eigenvalue weighted by Gasteiger charge is -2.34. The number of alkyl halides is 3. The molecule has 2 aromatic rings. The van der Waals surface area contributed by atoms with Gasteiger partial charge in [-0.3, -0.25) is 4.79 Å². The van der Waals surface area contributed by atoms with Crippen LogP contribution in [0.2, 0.25) is 5.02 Å². The summed E-state index contributed by atoms with van der Waals surface area (Å²) in [6.07, 6.45) is -2.42. The predicted octanol–water partition coefficient (Wildman–Crippen LogP) is 3.56. The summed E-state index contributed by atoms with van der Waals surface area (Å²) < 4.78 is 95.4. The number of carbonyl (C=O) groups is 1. The summed E-state index contributed by atoms with van der Waals surface area (Å²) in [5.41, 5.74) is 0.00121. The Kier molecular flexibility index (Phi) is 8.28. The molecular formula is C23H25ClF3N3O6S2. The highest BCUT2D eigenvalue weighted by Crippen LogP contribution is 2.28. The second-order valence-electron chi connectivity index (χ2n) is 8.82. The van der Waals surface area contributed by atoms with Crippen molar-refractivity contribution < 1.29 is 39.5 Å². The summed E-state index contributed by atoms with van der Waals surface area (Å²) in [5, 5.41) is 0.0730. The topological polar surface area (TPSA) is 104 Å². The Morgan fingerprint density at radius 2 is 1.29 bits per heavy atom. The first-order valence-electron chi connectivity index (χ1n) is 11.7. The number of piperidine rings is 1. The van der Waals surface area contributed by atoms with E-state index in [2.05, 4.69) is 4.74 Å². The number of hydrogen-bond acceptors (Lipinski definition) is 6. The number of halogens is 4. The van der Waals surface area contributed by atoms with E-state index in [1.165, 1.54) is 27.4 Å². The van der Waals surface area contributed by atoms with Gasteiger partial charge in [-0.15, -0.1) is 13.2 Å². The van der Waals surface area contributed by atoms with Crippen LogP contribution in [0.15, 0.2) is 52.3 Å². The van der Waals surface area contributed by atoms with E-state index in [0.717, 1.165) is 47.8 Å². The zero-order valence-corrected chi connectivity index (χ0v) is 22.4. The van der Waals surface area contributed by atoms with Crippen molar-refractivity contribution in [3.05, 3.63) is 53.1 Å². The molecule has 2 fully saturated rings. The highest BCUT2D eigenvalue weighted by Gasteiger charge is 2.34. The lowest BCUT2D eigenvalue weighted by Crippen LogP contribution is -2.50. The van der Waals surface area contributed by atoms with E-state index < -0.39 is 38.1 Å². The predicted molar refractivity (Wildman–Crippen MR) is 132 cm³/mol. The SMILES string of the molecule is O=C(c1cc(S(=O)(=O)N2CCCCC2)ccc1Cl)N1CCN(S(=O)(=O)c2ccc(OC(F)(F)F)cc2)CC1. The van der Waals surface area contributed by atoms with E-state index in [1.54, 1.807) is 0 Å². The molecule has 2 saturated heterocycles. The molecule has 0 unspecified atom stereocenters. The smallest absolute Gasteiger partial charge is 0.406 e. The molecule has 0 bridgehead atoms. The van der Waals surface area contributed by atoms with Gasteiger partial charge in [0.1, 0.15) is 5.75 Å². The Labute approximate surface area is 223 Å². The third kappa shape index (κ3) is 6.25. The van der Waals surface area contributed by atoms with Crippen LogP contribution in [-0.2, 0) is 20.0 Å². The Bertz CT molecular complexity index is 1390. The lowest BCUT2D eigenvalue weighted by atomic mass is 10.2. The van der Waals surface area contributed by atoms with E-state index in [-0.39, 0.29) is 46.6 Å². The fourth-order valence-electron chi connectivity index (χ4n) is 4.35. The molecule has 9 nitrogen and oxygen atoms in total. The first kappa shape index (κ1) is 28.6. The number of sulfonamides is 2. The summed E-state index contributed by atoms with van der Waals surface area (Å²) in [7, 11) is -7.83. The van der Waals surface area contributed by atoms with Gasteiger partial charge in [-0.2, -0.15) is 8.61 Å². The van der Waals surface area contributed by atoms with Gasteiger partial charge in [0.15, 0.2) is 0 Å². The second-order valence-corrected chi connectivity index (χ2v) is 13.1. The van der Waals surface area contributed by atoms with Crippen molar-refractivity contribution in [1.29, 1.82) is 0 Å². The van der Waals surface area contributed by atoms with E-state index in [0.29, 0.717) is 13.1 Å². The van der Waals surface area contributed by atoms with Gasteiger partial charge in [0.05, 0.1) is 20.4 Å². The summed E-state index contributed by atoms with van der Waals surface area (Å²) in [6, 6.07) is 7.82. The number of hydrogen-bond donors (Lipinski definition) is 0. The van der Waals surface area contributed by atoms with Crippen molar-refractivity contribution in [1.82, 2.24) is 13.5 Å². The molecule has 0 N–H and O–H groups in total. The molecular weight excluding hydrogens is 571 g/mol. The number of piperazine rings is 1. The Morgan fingerprint density at radius 1 is 0.763 bits per heavy atom. The third-order valence-corrected chi connectivity index (χ3v) is 10.5.